The summed E-state index contributed by atoms with van der Waals surface area (Å²) in [7, 11) is 0. The molecule has 23 heavy (non-hydrogen) atoms. The molecule has 120 valence electrons. The molecule has 0 unspecified atom stereocenters. The van der Waals surface area contributed by atoms with Crippen LogP contribution in [0.5, 0.6) is 0 Å². The zero-order valence-corrected chi connectivity index (χ0v) is 15.1. The number of hydrogen-bond acceptors (Lipinski definition) is 7. The maximum absolute atomic E-state index is 11.9. The standard InChI is InChI=1S/C15H16N4OS3/c1-10-2-4-11(5-3-10)12-8-22-14(19-18-12)17-13(20)9-23-15-16-6-7-21-15/h2-5H,6-9H2,1H3,(H,17,19,20). The van der Waals surface area contributed by atoms with Crippen molar-refractivity contribution in [3.63, 3.8) is 0 Å². The van der Waals surface area contributed by atoms with Crippen LogP contribution in [0.15, 0.2) is 39.5 Å². The van der Waals surface area contributed by atoms with Crippen LogP contribution in [-0.4, -0.2) is 45.0 Å². The smallest absolute Gasteiger partial charge is 0.236 e. The lowest BCUT2D eigenvalue weighted by molar-refractivity contribution is -0.117. The molecule has 0 radical (unpaired) electrons. The molecule has 2 aliphatic heterocycles. The molecule has 2 heterocycles. The summed E-state index contributed by atoms with van der Waals surface area (Å²) < 4.78 is 0.998. The van der Waals surface area contributed by atoms with Crippen molar-refractivity contribution in [1.82, 2.24) is 5.32 Å². The van der Waals surface area contributed by atoms with E-state index in [9.17, 15) is 4.79 Å². The Hall–Kier alpha value is -1.25. The van der Waals surface area contributed by atoms with Gasteiger partial charge in [-0.1, -0.05) is 65.1 Å². The summed E-state index contributed by atoms with van der Waals surface area (Å²) in [5, 5.41) is 11.7. The van der Waals surface area contributed by atoms with Gasteiger partial charge in [-0.3, -0.25) is 9.79 Å². The summed E-state index contributed by atoms with van der Waals surface area (Å²) in [6, 6.07) is 8.21. The first kappa shape index (κ1) is 16.6. The van der Waals surface area contributed by atoms with Crippen LogP contribution in [0, 0.1) is 6.92 Å². The van der Waals surface area contributed by atoms with Crippen molar-refractivity contribution < 1.29 is 4.79 Å². The number of nitrogens with zero attached hydrogens (tertiary/aromatic N) is 3. The third-order valence-electron chi connectivity index (χ3n) is 3.12. The van der Waals surface area contributed by atoms with E-state index >= 15 is 0 Å². The van der Waals surface area contributed by atoms with Crippen molar-refractivity contribution >= 4 is 56.4 Å². The molecule has 1 aromatic carbocycles. The first-order valence-corrected chi connectivity index (χ1v) is 10.1. The van der Waals surface area contributed by atoms with Crippen molar-refractivity contribution in [2.45, 2.75) is 6.92 Å². The van der Waals surface area contributed by atoms with Crippen molar-refractivity contribution in [3.05, 3.63) is 35.4 Å². The minimum absolute atomic E-state index is 0.0644. The second kappa shape index (κ2) is 8.03. The molecule has 0 bridgehead atoms. The highest BCUT2D eigenvalue weighted by atomic mass is 32.2. The first-order chi connectivity index (χ1) is 11.2. The lowest BCUT2D eigenvalue weighted by Gasteiger charge is -2.12. The summed E-state index contributed by atoms with van der Waals surface area (Å²) in [6.07, 6.45) is 0. The van der Waals surface area contributed by atoms with Gasteiger partial charge in [0.1, 0.15) is 4.38 Å². The number of carbonyl (C=O) groups is 1. The summed E-state index contributed by atoms with van der Waals surface area (Å²) in [4.78, 5) is 16.2. The van der Waals surface area contributed by atoms with Crippen molar-refractivity contribution in [3.8, 4) is 0 Å². The van der Waals surface area contributed by atoms with Gasteiger partial charge in [0, 0.05) is 11.5 Å². The zero-order valence-electron chi connectivity index (χ0n) is 12.6. The Morgan fingerprint density at radius 1 is 1.26 bits per heavy atom. The van der Waals surface area contributed by atoms with Gasteiger partial charge in [0.05, 0.1) is 18.0 Å². The van der Waals surface area contributed by atoms with E-state index in [0.29, 0.717) is 16.7 Å². The van der Waals surface area contributed by atoms with E-state index in [2.05, 4.69) is 39.6 Å². The Balaban J connectivity index is 1.53. The Kier molecular flexibility index (Phi) is 5.80. The number of aliphatic imine (C=N–C) groups is 1. The molecule has 0 aliphatic carbocycles. The molecule has 0 aromatic heterocycles. The van der Waals surface area contributed by atoms with Gasteiger partial charge in [-0.05, 0) is 12.5 Å². The van der Waals surface area contributed by atoms with E-state index in [1.54, 1.807) is 11.8 Å². The summed E-state index contributed by atoms with van der Waals surface area (Å²) >= 11 is 4.68. The largest absolute Gasteiger partial charge is 0.303 e. The van der Waals surface area contributed by atoms with E-state index in [1.165, 1.54) is 29.1 Å². The molecular weight excluding hydrogens is 348 g/mol. The molecule has 3 rings (SSSR count). The third kappa shape index (κ3) is 4.86. The van der Waals surface area contributed by atoms with E-state index in [4.69, 9.17) is 0 Å². The number of carbonyl (C=O) groups excluding carboxylic acids is 1. The number of aryl methyl sites for hydroxylation is 1. The van der Waals surface area contributed by atoms with Crippen LogP contribution in [0.25, 0.3) is 0 Å². The lowest BCUT2D eigenvalue weighted by atomic mass is 10.1. The maximum atomic E-state index is 11.9. The summed E-state index contributed by atoms with van der Waals surface area (Å²) in [6.45, 7) is 2.91. The van der Waals surface area contributed by atoms with Crippen molar-refractivity contribution in [2.24, 2.45) is 15.2 Å². The predicted octanol–water partition coefficient (Wildman–Crippen LogP) is 2.75. The summed E-state index contributed by atoms with van der Waals surface area (Å²) in [5.41, 5.74) is 3.22. The third-order valence-corrected chi connectivity index (χ3v) is 6.25. The van der Waals surface area contributed by atoms with Crippen molar-refractivity contribution in [2.75, 3.05) is 23.8 Å². The van der Waals surface area contributed by atoms with Crippen LogP contribution in [0.1, 0.15) is 11.1 Å². The Bertz CT molecular complexity index is 682. The monoisotopic (exact) mass is 364 g/mol. The van der Waals surface area contributed by atoms with E-state index in [0.717, 1.165) is 27.9 Å². The van der Waals surface area contributed by atoms with Gasteiger partial charge in [0.25, 0.3) is 0 Å². The zero-order chi connectivity index (χ0) is 16.1. The maximum Gasteiger partial charge on any atom is 0.236 e. The van der Waals surface area contributed by atoms with Gasteiger partial charge in [-0.25, -0.2) is 0 Å². The molecular formula is C15H16N4OS3. The average molecular weight is 365 g/mol. The van der Waals surface area contributed by atoms with Gasteiger partial charge in [-0.2, -0.15) is 5.10 Å². The van der Waals surface area contributed by atoms with Crippen LogP contribution in [0.4, 0.5) is 0 Å². The fourth-order valence-corrected chi connectivity index (χ4v) is 4.53. The number of amidine groups is 1. The Labute approximate surface area is 147 Å². The lowest BCUT2D eigenvalue weighted by Crippen LogP contribution is -2.32. The Morgan fingerprint density at radius 2 is 2.09 bits per heavy atom. The van der Waals surface area contributed by atoms with Gasteiger partial charge in [0.2, 0.25) is 5.91 Å². The number of hydrogen-bond donors (Lipinski definition) is 1. The molecule has 2 aliphatic rings. The molecule has 0 saturated heterocycles. The minimum Gasteiger partial charge on any atom is -0.303 e. The second-order valence-electron chi connectivity index (χ2n) is 4.94. The molecule has 0 spiro atoms. The van der Waals surface area contributed by atoms with E-state index in [1.807, 2.05) is 12.1 Å². The molecule has 1 amide bonds. The van der Waals surface area contributed by atoms with Gasteiger partial charge < -0.3 is 5.32 Å². The van der Waals surface area contributed by atoms with Crippen molar-refractivity contribution in [1.29, 1.82) is 0 Å². The number of benzene rings is 1. The van der Waals surface area contributed by atoms with Crippen LogP contribution in [0.3, 0.4) is 0 Å². The minimum atomic E-state index is -0.0644. The average Bonchev–Trinajstić information content (AvgIpc) is 3.08. The van der Waals surface area contributed by atoms with Gasteiger partial charge in [0.15, 0.2) is 5.17 Å². The van der Waals surface area contributed by atoms with Crippen LogP contribution in [-0.2, 0) is 4.79 Å². The second-order valence-corrected chi connectivity index (χ2v) is 8.21. The molecule has 1 aromatic rings. The fourth-order valence-electron chi connectivity index (χ4n) is 1.93. The normalized spacial score (nSPS) is 17.3. The van der Waals surface area contributed by atoms with Crippen LogP contribution >= 0.6 is 35.3 Å². The molecule has 0 saturated carbocycles. The first-order valence-electron chi connectivity index (χ1n) is 7.15. The number of rotatable bonds is 3. The number of amides is 1. The highest BCUT2D eigenvalue weighted by Gasteiger charge is 2.16. The SMILES string of the molecule is Cc1ccc(C2=NN=C(NC(=O)CSC3=NCCS3)SC2)cc1. The van der Waals surface area contributed by atoms with E-state index < -0.39 is 0 Å². The molecule has 1 N–H and O–H groups in total. The highest BCUT2D eigenvalue weighted by molar-refractivity contribution is 8.39. The molecule has 0 fully saturated rings. The number of nitrogens with one attached hydrogen (secondary N) is 1. The number of thioether (sulfide) groups is 3. The Morgan fingerprint density at radius 3 is 2.74 bits per heavy atom. The molecule has 5 nitrogen and oxygen atoms in total. The predicted molar refractivity (Wildman–Crippen MR) is 103 cm³/mol. The topological polar surface area (TPSA) is 66.2 Å². The fraction of sp³-hybridized carbons (Fsp3) is 0.333. The van der Waals surface area contributed by atoms with Gasteiger partial charge >= 0.3 is 0 Å². The quantitative estimate of drug-likeness (QED) is 0.896. The van der Waals surface area contributed by atoms with Crippen LogP contribution in [0.2, 0.25) is 0 Å². The highest BCUT2D eigenvalue weighted by Crippen LogP contribution is 2.22. The molecule has 0 atom stereocenters. The molecule has 8 heteroatoms. The van der Waals surface area contributed by atoms with E-state index in [-0.39, 0.29) is 5.91 Å². The summed E-state index contributed by atoms with van der Waals surface area (Å²) in [5.74, 6) is 2.02. The van der Waals surface area contributed by atoms with Crippen LogP contribution < -0.4 is 5.32 Å². The van der Waals surface area contributed by atoms with Gasteiger partial charge in [-0.15, -0.1) is 5.10 Å².